The Morgan fingerprint density at radius 1 is 0.788 bits per heavy atom. The summed E-state index contributed by atoms with van der Waals surface area (Å²) in [6.07, 6.45) is 18.5. The minimum absolute atomic E-state index is 0. The normalized spacial score (nSPS) is 23.4. The predicted molar refractivity (Wildman–Crippen MR) is 212 cm³/mol. The van der Waals surface area contributed by atoms with Crippen LogP contribution in [0.15, 0.2) is 120 Å². The van der Waals surface area contributed by atoms with Crippen molar-refractivity contribution in [3.8, 4) is 0 Å². The molecule has 5 heteroatoms. The molecule has 0 saturated heterocycles. The summed E-state index contributed by atoms with van der Waals surface area (Å²) in [5, 5.41) is 1.53. The summed E-state index contributed by atoms with van der Waals surface area (Å²) in [6.45, 7) is 20.3. The van der Waals surface area contributed by atoms with Crippen LogP contribution < -0.4 is 24.8 Å². The standard InChI is InChI=1S/C29H37.C13H8Cl2.C5H5.2ClH.Zr/c1-18-25-22-17-19-13-9-10-14-20(19)24(22)21-15-11-12-16-23(21)29(25,8)28(6,7)27(4,5)26(18,2)3;14-12-5-1-10(2-6-12)9-11-3-7-13(15)8-4-11;1-2-4-5-3-1;;;/h9-11,13-15,23H,12,16-17H2,1-8H3;1-8H;1-3H,4H2;2*1H;/q-1;;-1;;;+2/p-2. The third kappa shape index (κ3) is 7.17. The van der Waals surface area contributed by atoms with E-state index in [4.69, 9.17) is 23.2 Å². The first-order chi connectivity index (χ1) is 23.6. The molecule has 3 aromatic rings. The van der Waals surface area contributed by atoms with Crippen LogP contribution in [-0.2, 0) is 30.7 Å². The number of hydrogen-bond donors (Lipinski definition) is 0. The molecule has 0 radical (unpaired) electrons. The number of halogens is 4. The molecule has 1 fully saturated rings. The van der Waals surface area contributed by atoms with Crippen molar-refractivity contribution < 1.29 is 49.0 Å². The fourth-order valence-corrected chi connectivity index (χ4v) is 10.4. The molecule has 0 heterocycles. The van der Waals surface area contributed by atoms with Crippen LogP contribution in [-0.4, -0.2) is 3.21 Å². The van der Waals surface area contributed by atoms with E-state index in [0.29, 0.717) is 5.92 Å². The molecule has 0 N–H and O–H groups in total. The molecule has 2 atom stereocenters. The molecule has 0 aromatic heterocycles. The Morgan fingerprint density at radius 2 is 1.37 bits per heavy atom. The first-order valence-electron chi connectivity index (χ1n) is 18.0. The van der Waals surface area contributed by atoms with E-state index >= 15 is 0 Å². The first kappa shape index (κ1) is 42.9. The van der Waals surface area contributed by atoms with Crippen molar-refractivity contribution in [1.82, 2.24) is 0 Å². The summed E-state index contributed by atoms with van der Waals surface area (Å²) >= 11 is 13.1. The van der Waals surface area contributed by atoms with Crippen LogP contribution in [0.25, 0.3) is 5.57 Å². The average molecular weight is 848 g/mol. The van der Waals surface area contributed by atoms with Gasteiger partial charge in [0.15, 0.2) is 0 Å². The van der Waals surface area contributed by atoms with E-state index in [9.17, 15) is 0 Å². The van der Waals surface area contributed by atoms with Gasteiger partial charge in [-0.05, 0) is 40.6 Å². The zero-order valence-electron chi connectivity index (χ0n) is 31.7. The van der Waals surface area contributed by atoms with Gasteiger partial charge in [-0.3, -0.25) is 6.08 Å². The molecule has 5 aliphatic rings. The van der Waals surface area contributed by atoms with Crippen molar-refractivity contribution in [2.24, 2.45) is 27.6 Å². The Labute approximate surface area is 351 Å². The Hall–Kier alpha value is -1.86. The van der Waals surface area contributed by atoms with Gasteiger partial charge < -0.3 is 24.8 Å². The number of benzene rings is 3. The summed E-state index contributed by atoms with van der Waals surface area (Å²) < 4.78 is 1.31. The first-order valence-corrected chi connectivity index (χ1v) is 20.0. The molecule has 8 rings (SSSR count). The summed E-state index contributed by atoms with van der Waals surface area (Å²) in [5.74, 6) is 2.24. The molecular formula is C47H50Cl4Zr-2. The molecule has 2 unspecified atom stereocenters. The second-order valence-corrected chi connectivity index (χ2v) is 18.2. The maximum Gasteiger partial charge on any atom is -0.109 e. The van der Waals surface area contributed by atoms with E-state index in [1.165, 1.54) is 62.5 Å². The second-order valence-electron chi connectivity index (χ2n) is 16.1. The monoisotopic (exact) mass is 844 g/mol. The minimum atomic E-state index is 0. The average Bonchev–Trinajstić information content (AvgIpc) is 3.81. The molecule has 5 aliphatic carbocycles. The van der Waals surface area contributed by atoms with E-state index in [1.807, 2.05) is 60.7 Å². The van der Waals surface area contributed by atoms with E-state index in [-0.39, 0.29) is 46.5 Å². The summed E-state index contributed by atoms with van der Waals surface area (Å²) in [6, 6.07) is 25.0. The molecule has 0 aliphatic heterocycles. The zero-order valence-corrected chi connectivity index (χ0v) is 37.2. The predicted octanol–water partition coefficient (Wildman–Crippen LogP) is 7.39. The van der Waals surface area contributed by atoms with Crippen LogP contribution in [0.4, 0.5) is 0 Å². The third-order valence-electron chi connectivity index (χ3n) is 13.6. The minimum Gasteiger partial charge on any atom is -1.00 e. The molecule has 0 spiro atoms. The van der Waals surface area contributed by atoms with Crippen LogP contribution in [0.3, 0.4) is 0 Å². The van der Waals surface area contributed by atoms with Gasteiger partial charge in [0.1, 0.15) is 0 Å². The van der Waals surface area contributed by atoms with Crippen molar-refractivity contribution in [1.29, 1.82) is 0 Å². The van der Waals surface area contributed by atoms with E-state index in [0.717, 1.165) is 22.9 Å². The Bertz CT molecular complexity index is 1880. The van der Waals surface area contributed by atoms with Gasteiger partial charge in [-0.1, -0.05) is 113 Å². The molecule has 0 bridgehead atoms. The van der Waals surface area contributed by atoms with Gasteiger partial charge >= 0.3 is 120 Å². The van der Waals surface area contributed by atoms with E-state index in [1.54, 1.807) is 28.2 Å². The smallest absolute Gasteiger partial charge is 0.109 e. The van der Waals surface area contributed by atoms with Crippen molar-refractivity contribution in [3.05, 3.63) is 164 Å². The molecule has 3 aromatic carbocycles. The molecule has 0 nitrogen and oxygen atoms in total. The van der Waals surface area contributed by atoms with Crippen molar-refractivity contribution in [2.45, 2.75) is 81.1 Å². The molecule has 52 heavy (non-hydrogen) atoms. The fraction of sp³-hybridized carbons (Fsp3) is 0.362. The Kier molecular flexibility index (Phi) is 13.6. The van der Waals surface area contributed by atoms with Crippen LogP contribution >= 0.6 is 23.2 Å². The number of hydrogen-bond acceptors (Lipinski definition) is 0. The molecule has 0 amide bonds. The third-order valence-corrected chi connectivity index (χ3v) is 15.6. The van der Waals surface area contributed by atoms with Gasteiger partial charge in [0.2, 0.25) is 0 Å². The SMILES string of the molecule is C[C-]1C2=C3Cc4ccccc4C3=C3C=CCCC3C2(C)C(C)(C)C(C)(C)C1(C)C.Clc1ccc([C](=[Zr+2])c2ccc(Cl)cc2)cc1.[C-]1=CC=CC1.[Cl-].[Cl-]. The van der Waals surface area contributed by atoms with Crippen LogP contribution in [0.1, 0.15) is 96.9 Å². The van der Waals surface area contributed by atoms with Crippen molar-refractivity contribution in [3.63, 3.8) is 0 Å². The van der Waals surface area contributed by atoms with Gasteiger partial charge in [0.25, 0.3) is 0 Å². The van der Waals surface area contributed by atoms with Gasteiger partial charge in [0, 0.05) is 0 Å². The van der Waals surface area contributed by atoms with E-state index < -0.39 is 0 Å². The van der Waals surface area contributed by atoms with Crippen LogP contribution in [0.2, 0.25) is 10.0 Å². The van der Waals surface area contributed by atoms with E-state index in [2.05, 4.69) is 104 Å². The van der Waals surface area contributed by atoms with Crippen LogP contribution in [0, 0.1) is 39.6 Å². The quantitative estimate of drug-likeness (QED) is 0.237. The van der Waals surface area contributed by atoms with Gasteiger partial charge in [-0.25, -0.2) is 18.1 Å². The second kappa shape index (κ2) is 16.5. The van der Waals surface area contributed by atoms with Gasteiger partial charge in [0.05, 0.1) is 0 Å². The van der Waals surface area contributed by atoms with Gasteiger partial charge in [-0.2, -0.15) is 17.2 Å². The van der Waals surface area contributed by atoms with Crippen molar-refractivity contribution >= 4 is 32.0 Å². The number of fused-ring (bicyclic) bond motifs is 6. The largest absolute Gasteiger partial charge is 1.00 e. The number of rotatable bonds is 2. The summed E-state index contributed by atoms with van der Waals surface area (Å²) in [7, 11) is 0. The van der Waals surface area contributed by atoms with Crippen molar-refractivity contribution in [2.75, 3.05) is 0 Å². The Morgan fingerprint density at radius 3 is 1.88 bits per heavy atom. The molecule has 272 valence electrons. The Balaban J connectivity index is 0.000000221. The summed E-state index contributed by atoms with van der Waals surface area (Å²) in [4.78, 5) is 0. The topological polar surface area (TPSA) is 0 Å². The summed E-state index contributed by atoms with van der Waals surface area (Å²) in [5.41, 5.74) is 12.7. The fourth-order valence-electron chi connectivity index (χ4n) is 9.31. The van der Waals surface area contributed by atoms with Gasteiger partial charge in [-0.15, -0.1) is 13.3 Å². The maximum absolute atomic E-state index is 5.86. The zero-order chi connectivity index (χ0) is 36.1. The number of allylic oxidation sites excluding steroid dienone is 10. The maximum atomic E-state index is 5.86. The molecule has 1 saturated carbocycles. The molecular weight excluding hydrogens is 798 g/mol. The van der Waals surface area contributed by atoms with Crippen LogP contribution in [0.5, 0.6) is 0 Å².